The summed E-state index contributed by atoms with van der Waals surface area (Å²) < 4.78 is 0. The van der Waals surface area contributed by atoms with E-state index in [1.54, 1.807) is 24.4 Å². The van der Waals surface area contributed by atoms with E-state index >= 15 is 0 Å². The number of anilines is 1. The number of nitrogens with one attached hydrogen (secondary N) is 1. The highest BCUT2D eigenvalue weighted by molar-refractivity contribution is 5.98. The van der Waals surface area contributed by atoms with Crippen LogP contribution >= 0.6 is 0 Å². The van der Waals surface area contributed by atoms with E-state index in [-0.39, 0.29) is 18.4 Å². The van der Waals surface area contributed by atoms with Gasteiger partial charge in [0.1, 0.15) is 11.9 Å². The Kier molecular flexibility index (Phi) is 10.5. The Morgan fingerprint density at radius 2 is 1.91 bits per heavy atom. The summed E-state index contributed by atoms with van der Waals surface area (Å²) in [5.41, 5.74) is 6.16. The largest absolute Gasteiger partial charge is 0.389 e. The molecular formula is C24H40N4O4. The van der Waals surface area contributed by atoms with Gasteiger partial charge in [0, 0.05) is 25.7 Å². The molecule has 0 saturated heterocycles. The number of hydrogen-bond donors (Lipinski definition) is 4. The van der Waals surface area contributed by atoms with Crippen LogP contribution in [-0.4, -0.2) is 57.8 Å². The Balaban J connectivity index is 2.00. The second-order valence-corrected chi connectivity index (χ2v) is 9.43. The van der Waals surface area contributed by atoms with Gasteiger partial charge in [-0.05, 0) is 36.8 Å². The minimum Gasteiger partial charge on any atom is -0.389 e. The van der Waals surface area contributed by atoms with Crippen molar-refractivity contribution in [2.45, 2.75) is 90.0 Å². The van der Waals surface area contributed by atoms with Crippen molar-refractivity contribution in [1.82, 2.24) is 10.3 Å². The summed E-state index contributed by atoms with van der Waals surface area (Å²) in [5, 5.41) is 23.7. The van der Waals surface area contributed by atoms with Crippen molar-refractivity contribution >= 4 is 17.6 Å². The van der Waals surface area contributed by atoms with Crippen molar-refractivity contribution in [2.75, 3.05) is 11.4 Å². The first-order valence-corrected chi connectivity index (χ1v) is 11.8. The summed E-state index contributed by atoms with van der Waals surface area (Å²) in [6.45, 7) is 5.21. The van der Waals surface area contributed by atoms with Crippen LogP contribution in [0.3, 0.4) is 0 Å². The zero-order chi connectivity index (χ0) is 23.7. The lowest BCUT2D eigenvalue weighted by atomic mass is 9.83. The second kappa shape index (κ2) is 12.9. The summed E-state index contributed by atoms with van der Waals surface area (Å²) in [4.78, 5) is 31.1. The molecule has 5 N–H and O–H groups in total. The molecule has 1 heterocycles. The zero-order valence-corrected chi connectivity index (χ0v) is 19.6. The van der Waals surface area contributed by atoms with Gasteiger partial charge in [0.05, 0.1) is 12.2 Å². The number of nitrogens with zero attached hydrogens (tertiary/aromatic N) is 2. The number of nitrogens with two attached hydrogens (primary N) is 1. The summed E-state index contributed by atoms with van der Waals surface area (Å²) in [5.74, 6) is 0.339. The topological polar surface area (TPSA) is 129 Å². The molecular weight excluding hydrogens is 408 g/mol. The van der Waals surface area contributed by atoms with Gasteiger partial charge < -0.3 is 21.3 Å². The molecule has 32 heavy (non-hydrogen) atoms. The second-order valence-electron chi connectivity index (χ2n) is 9.43. The predicted octanol–water partition coefficient (Wildman–Crippen LogP) is 1.98. The number of aliphatic hydroxyl groups is 2. The third-order valence-electron chi connectivity index (χ3n) is 6.19. The Bertz CT molecular complexity index is 709. The normalized spacial score (nSPS) is 18.6. The molecule has 1 fully saturated rings. The molecule has 0 aliphatic heterocycles. The van der Waals surface area contributed by atoms with Crippen LogP contribution in [0.25, 0.3) is 0 Å². The Hall–Kier alpha value is -2.03. The molecule has 1 aliphatic carbocycles. The molecule has 2 amide bonds. The van der Waals surface area contributed by atoms with Crippen LogP contribution in [0, 0.1) is 11.8 Å². The third-order valence-corrected chi connectivity index (χ3v) is 6.19. The monoisotopic (exact) mass is 448 g/mol. The van der Waals surface area contributed by atoms with E-state index < -0.39 is 30.2 Å². The number of rotatable bonds is 11. The van der Waals surface area contributed by atoms with Gasteiger partial charge in [-0.3, -0.25) is 14.5 Å². The molecule has 4 atom stereocenters. The molecule has 8 nitrogen and oxygen atoms in total. The van der Waals surface area contributed by atoms with E-state index in [4.69, 9.17) is 5.73 Å². The van der Waals surface area contributed by atoms with Gasteiger partial charge in [0.2, 0.25) is 11.8 Å². The van der Waals surface area contributed by atoms with Gasteiger partial charge in [-0.2, -0.15) is 0 Å². The minimum atomic E-state index is -1.18. The summed E-state index contributed by atoms with van der Waals surface area (Å²) in [7, 11) is 0. The molecule has 0 unspecified atom stereocenters. The molecule has 0 spiro atoms. The number of hydrogen-bond acceptors (Lipinski definition) is 6. The summed E-state index contributed by atoms with van der Waals surface area (Å²) in [6, 6.07) is 3.87. The molecule has 1 saturated carbocycles. The van der Waals surface area contributed by atoms with Crippen LogP contribution in [0.5, 0.6) is 0 Å². The first-order valence-electron chi connectivity index (χ1n) is 11.8. The fourth-order valence-electron chi connectivity index (χ4n) is 4.49. The van der Waals surface area contributed by atoms with Crippen molar-refractivity contribution in [3.05, 3.63) is 24.4 Å². The molecule has 0 radical (unpaired) electrons. The first kappa shape index (κ1) is 26.2. The van der Waals surface area contributed by atoms with E-state index in [9.17, 15) is 19.8 Å². The van der Waals surface area contributed by atoms with E-state index in [1.807, 2.05) is 13.8 Å². The van der Waals surface area contributed by atoms with Crippen LogP contribution in [0.1, 0.15) is 65.7 Å². The average Bonchev–Trinajstić information content (AvgIpc) is 2.77. The van der Waals surface area contributed by atoms with E-state index in [0.717, 1.165) is 12.8 Å². The Morgan fingerprint density at radius 3 is 2.47 bits per heavy atom. The van der Waals surface area contributed by atoms with Crippen LogP contribution in [-0.2, 0) is 9.59 Å². The van der Waals surface area contributed by atoms with Crippen molar-refractivity contribution in [2.24, 2.45) is 17.6 Å². The SMILES string of the molecule is CC(=O)N(c1ccccn1)[C@@H](CC(C)C)C(=O)NC[C@H](O)[C@H](O)[C@@H](N)CC1CCCCC1. The molecule has 0 bridgehead atoms. The molecule has 2 rings (SSSR count). The number of aliphatic hydroxyl groups excluding tert-OH is 2. The van der Waals surface area contributed by atoms with Gasteiger partial charge in [0.15, 0.2) is 0 Å². The van der Waals surface area contributed by atoms with E-state index in [2.05, 4.69) is 10.3 Å². The zero-order valence-electron chi connectivity index (χ0n) is 19.6. The standard InChI is InChI=1S/C24H40N4O4/c1-16(2)13-20(28(17(3)29)22-11-7-8-12-26-22)24(32)27-15-21(30)23(31)19(25)14-18-9-5-4-6-10-18/h7-8,11-12,16,18-21,23,30-31H,4-6,9-10,13-15,25H2,1-3H3,(H,27,32)/t19-,20-,21-,23+/m0/s1. The Labute approximate surface area is 191 Å². The highest BCUT2D eigenvalue weighted by atomic mass is 16.3. The molecule has 180 valence electrons. The molecule has 1 aliphatic rings. The smallest absolute Gasteiger partial charge is 0.243 e. The van der Waals surface area contributed by atoms with Crippen molar-refractivity contribution < 1.29 is 19.8 Å². The van der Waals surface area contributed by atoms with Crippen molar-refractivity contribution in [3.63, 3.8) is 0 Å². The third kappa shape index (κ3) is 7.83. The predicted molar refractivity (Wildman–Crippen MR) is 125 cm³/mol. The molecule has 8 heteroatoms. The average molecular weight is 449 g/mol. The maximum absolute atomic E-state index is 13.1. The van der Waals surface area contributed by atoms with Crippen LogP contribution in [0.15, 0.2) is 24.4 Å². The minimum absolute atomic E-state index is 0.138. The highest BCUT2D eigenvalue weighted by Crippen LogP contribution is 2.27. The van der Waals surface area contributed by atoms with E-state index in [0.29, 0.717) is 24.6 Å². The first-order chi connectivity index (χ1) is 15.2. The van der Waals surface area contributed by atoms with Gasteiger partial charge in [-0.25, -0.2) is 4.98 Å². The summed E-state index contributed by atoms with van der Waals surface area (Å²) in [6.07, 6.45) is 6.20. The number of pyridine rings is 1. The van der Waals surface area contributed by atoms with Crippen LogP contribution in [0.4, 0.5) is 5.82 Å². The number of amides is 2. The fraction of sp³-hybridized carbons (Fsp3) is 0.708. The van der Waals surface area contributed by atoms with E-state index in [1.165, 1.54) is 31.1 Å². The van der Waals surface area contributed by atoms with Crippen molar-refractivity contribution in [3.8, 4) is 0 Å². The molecule has 1 aromatic rings. The van der Waals surface area contributed by atoms with Gasteiger partial charge in [-0.1, -0.05) is 52.0 Å². The summed E-state index contributed by atoms with van der Waals surface area (Å²) >= 11 is 0. The molecule has 1 aromatic heterocycles. The van der Waals surface area contributed by atoms with Gasteiger partial charge in [-0.15, -0.1) is 0 Å². The number of carbonyl (C=O) groups is 2. The lowest BCUT2D eigenvalue weighted by molar-refractivity contribution is -0.126. The van der Waals surface area contributed by atoms with Gasteiger partial charge in [0.25, 0.3) is 0 Å². The lowest BCUT2D eigenvalue weighted by Crippen LogP contribution is -2.54. The van der Waals surface area contributed by atoms with Gasteiger partial charge >= 0.3 is 0 Å². The highest BCUT2D eigenvalue weighted by Gasteiger charge is 2.32. The fourth-order valence-corrected chi connectivity index (χ4v) is 4.49. The Morgan fingerprint density at radius 1 is 1.22 bits per heavy atom. The van der Waals surface area contributed by atoms with Crippen molar-refractivity contribution in [1.29, 1.82) is 0 Å². The number of carbonyl (C=O) groups excluding carboxylic acids is 2. The lowest BCUT2D eigenvalue weighted by Gasteiger charge is -2.32. The molecule has 0 aromatic carbocycles. The maximum atomic E-state index is 13.1. The van der Waals surface area contributed by atoms with Crippen LogP contribution in [0.2, 0.25) is 0 Å². The quantitative estimate of drug-likeness (QED) is 0.410. The number of aromatic nitrogens is 1. The maximum Gasteiger partial charge on any atom is 0.243 e. The van der Waals surface area contributed by atoms with Crippen LogP contribution < -0.4 is 16.0 Å².